The fourth-order valence-corrected chi connectivity index (χ4v) is 2.22. The third-order valence-corrected chi connectivity index (χ3v) is 3.57. The van der Waals surface area contributed by atoms with E-state index in [9.17, 15) is 21.6 Å². The Bertz CT molecular complexity index is 561. The maximum Gasteiger partial charge on any atom is 0.416 e. The first kappa shape index (κ1) is 17.1. The Labute approximate surface area is 119 Å². The summed E-state index contributed by atoms with van der Waals surface area (Å²) in [6.45, 7) is 0.247. The van der Waals surface area contributed by atoms with Gasteiger partial charge in [0, 0.05) is 6.54 Å². The van der Waals surface area contributed by atoms with Gasteiger partial charge in [-0.2, -0.15) is 21.6 Å². The summed E-state index contributed by atoms with van der Waals surface area (Å²) in [5.41, 5.74) is -0.685. The lowest BCUT2D eigenvalue weighted by Crippen LogP contribution is -2.09. The van der Waals surface area contributed by atoms with Gasteiger partial charge in [-0.15, -0.1) is 0 Å². The predicted octanol–water partition coefficient (Wildman–Crippen LogP) is 3.44. The van der Waals surface area contributed by atoms with Crippen LogP contribution in [0.4, 0.5) is 18.9 Å². The first-order valence-corrected chi connectivity index (χ1v) is 7.64. The van der Waals surface area contributed by atoms with Crippen molar-refractivity contribution in [2.24, 2.45) is 0 Å². The van der Waals surface area contributed by atoms with Crippen LogP contribution in [0, 0.1) is 0 Å². The minimum atomic E-state index is -4.45. The van der Waals surface area contributed by atoms with Crippen LogP contribution in [-0.4, -0.2) is 25.3 Å². The zero-order chi connectivity index (χ0) is 15.4. The predicted molar refractivity (Wildman–Crippen MR) is 70.6 cm³/mol. The first-order chi connectivity index (χ1) is 9.09. The van der Waals surface area contributed by atoms with Crippen molar-refractivity contribution in [1.82, 2.24) is 0 Å². The van der Waals surface area contributed by atoms with Crippen molar-refractivity contribution in [1.29, 1.82) is 0 Å². The Morgan fingerprint density at radius 2 is 1.90 bits per heavy atom. The van der Waals surface area contributed by atoms with Gasteiger partial charge in [-0.3, -0.25) is 4.55 Å². The molecule has 2 N–H and O–H groups in total. The van der Waals surface area contributed by atoms with Gasteiger partial charge in [0.15, 0.2) is 0 Å². The molecule has 0 aliphatic rings. The maximum absolute atomic E-state index is 12.5. The molecule has 4 nitrogen and oxygen atoms in total. The SMILES string of the molecule is O=S(=O)(O)CCCCNc1cc(C(F)(F)F)ccc1Cl. The average Bonchev–Trinajstić information content (AvgIpc) is 2.28. The topological polar surface area (TPSA) is 66.4 Å². The molecule has 0 spiro atoms. The minimum Gasteiger partial charge on any atom is -0.384 e. The highest BCUT2D eigenvalue weighted by Gasteiger charge is 2.30. The lowest BCUT2D eigenvalue weighted by atomic mass is 10.2. The van der Waals surface area contributed by atoms with Crippen molar-refractivity contribution >= 4 is 27.4 Å². The number of alkyl halides is 3. The van der Waals surface area contributed by atoms with E-state index in [-0.39, 0.29) is 29.4 Å². The monoisotopic (exact) mass is 331 g/mol. The number of anilines is 1. The highest BCUT2D eigenvalue weighted by Crippen LogP contribution is 2.33. The molecule has 0 unspecified atom stereocenters. The van der Waals surface area contributed by atoms with Crippen LogP contribution in [0.1, 0.15) is 18.4 Å². The van der Waals surface area contributed by atoms with Gasteiger partial charge in [0.05, 0.1) is 22.0 Å². The third-order valence-electron chi connectivity index (χ3n) is 2.44. The van der Waals surface area contributed by atoms with Crippen LogP contribution in [-0.2, 0) is 16.3 Å². The lowest BCUT2D eigenvalue weighted by molar-refractivity contribution is -0.137. The Morgan fingerprint density at radius 3 is 2.45 bits per heavy atom. The maximum atomic E-state index is 12.5. The van der Waals surface area contributed by atoms with Gasteiger partial charge in [0.1, 0.15) is 0 Å². The smallest absolute Gasteiger partial charge is 0.384 e. The van der Waals surface area contributed by atoms with Gasteiger partial charge >= 0.3 is 6.18 Å². The molecule has 0 fully saturated rings. The summed E-state index contributed by atoms with van der Waals surface area (Å²) in [7, 11) is -4.01. The van der Waals surface area contributed by atoms with E-state index < -0.39 is 21.9 Å². The molecule has 0 bridgehead atoms. The minimum absolute atomic E-state index is 0.133. The molecular weight excluding hydrogens is 319 g/mol. The molecule has 1 aromatic carbocycles. The number of nitrogens with one attached hydrogen (secondary N) is 1. The summed E-state index contributed by atoms with van der Waals surface area (Å²) >= 11 is 5.77. The second-order valence-corrected chi connectivity index (χ2v) is 6.09. The molecule has 0 radical (unpaired) electrons. The van der Waals surface area contributed by atoms with E-state index in [0.29, 0.717) is 6.42 Å². The van der Waals surface area contributed by atoms with E-state index in [1.165, 1.54) is 0 Å². The van der Waals surface area contributed by atoms with Crippen LogP contribution in [0.3, 0.4) is 0 Å². The van der Waals surface area contributed by atoms with E-state index in [4.69, 9.17) is 16.2 Å². The van der Waals surface area contributed by atoms with Crippen molar-refractivity contribution in [2.75, 3.05) is 17.6 Å². The van der Waals surface area contributed by atoms with Crippen LogP contribution in [0.2, 0.25) is 5.02 Å². The van der Waals surface area contributed by atoms with Crippen LogP contribution < -0.4 is 5.32 Å². The van der Waals surface area contributed by atoms with Crippen molar-refractivity contribution in [3.8, 4) is 0 Å². The number of halogens is 4. The van der Waals surface area contributed by atoms with Gasteiger partial charge in [0.25, 0.3) is 10.1 Å². The van der Waals surface area contributed by atoms with E-state index in [1.54, 1.807) is 0 Å². The number of benzene rings is 1. The van der Waals surface area contributed by atoms with E-state index >= 15 is 0 Å². The average molecular weight is 332 g/mol. The number of hydrogen-bond donors (Lipinski definition) is 2. The molecular formula is C11H13ClF3NO3S. The highest BCUT2D eigenvalue weighted by atomic mass is 35.5. The molecule has 0 aliphatic carbocycles. The second kappa shape index (κ2) is 6.64. The fourth-order valence-electron chi connectivity index (χ4n) is 1.47. The molecule has 0 heterocycles. The summed E-state index contributed by atoms with van der Waals surface area (Å²) in [4.78, 5) is 0. The number of unbranched alkanes of at least 4 members (excludes halogenated alkanes) is 1. The Kier molecular flexibility index (Phi) is 5.67. The zero-order valence-electron chi connectivity index (χ0n) is 10.2. The standard InChI is InChI=1S/C11H13ClF3NO3S/c12-9-4-3-8(11(13,14)15)7-10(9)16-5-1-2-6-20(17,18)19/h3-4,7,16H,1-2,5-6H2,(H,17,18,19). The molecule has 0 atom stereocenters. The number of rotatable bonds is 6. The largest absolute Gasteiger partial charge is 0.416 e. The lowest BCUT2D eigenvalue weighted by Gasteiger charge is -2.12. The quantitative estimate of drug-likeness (QED) is 0.619. The Hall–Kier alpha value is -0.990. The Balaban J connectivity index is 2.56. The van der Waals surface area contributed by atoms with Crippen LogP contribution in [0.15, 0.2) is 18.2 Å². The molecule has 114 valence electrons. The Morgan fingerprint density at radius 1 is 1.25 bits per heavy atom. The van der Waals surface area contributed by atoms with Crippen molar-refractivity contribution in [3.05, 3.63) is 28.8 Å². The van der Waals surface area contributed by atoms with Crippen LogP contribution >= 0.6 is 11.6 Å². The van der Waals surface area contributed by atoms with Crippen molar-refractivity contribution in [2.45, 2.75) is 19.0 Å². The number of hydrogen-bond acceptors (Lipinski definition) is 3. The van der Waals surface area contributed by atoms with Crippen LogP contribution in [0.25, 0.3) is 0 Å². The van der Waals surface area contributed by atoms with E-state index in [1.807, 2.05) is 0 Å². The molecule has 0 amide bonds. The van der Waals surface area contributed by atoms with Crippen molar-refractivity contribution in [3.63, 3.8) is 0 Å². The molecule has 0 saturated heterocycles. The first-order valence-electron chi connectivity index (χ1n) is 5.65. The summed E-state index contributed by atoms with van der Waals surface area (Å²) < 4.78 is 67.0. The van der Waals surface area contributed by atoms with Gasteiger partial charge in [0.2, 0.25) is 0 Å². The third kappa shape index (κ3) is 5.98. The van der Waals surface area contributed by atoms with Crippen LogP contribution in [0.5, 0.6) is 0 Å². The summed E-state index contributed by atoms with van der Waals surface area (Å²) in [6.07, 6.45) is -3.89. The van der Waals surface area contributed by atoms with Gasteiger partial charge in [-0.25, -0.2) is 0 Å². The highest BCUT2D eigenvalue weighted by molar-refractivity contribution is 7.85. The summed E-state index contributed by atoms with van der Waals surface area (Å²) in [5, 5.41) is 2.85. The molecule has 0 aromatic heterocycles. The summed E-state index contributed by atoms with van der Waals surface area (Å²) in [6, 6.07) is 2.92. The van der Waals surface area contributed by atoms with Gasteiger partial charge < -0.3 is 5.32 Å². The fraction of sp³-hybridized carbons (Fsp3) is 0.455. The van der Waals surface area contributed by atoms with Gasteiger partial charge in [-0.05, 0) is 31.0 Å². The van der Waals surface area contributed by atoms with Crippen molar-refractivity contribution < 1.29 is 26.1 Å². The normalized spacial score (nSPS) is 12.4. The van der Waals surface area contributed by atoms with E-state index in [2.05, 4.69) is 5.32 Å². The summed E-state index contributed by atoms with van der Waals surface area (Å²) in [5.74, 6) is -0.384. The van der Waals surface area contributed by atoms with E-state index in [0.717, 1.165) is 18.2 Å². The molecule has 0 saturated carbocycles. The van der Waals surface area contributed by atoms with Gasteiger partial charge in [-0.1, -0.05) is 11.6 Å². The zero-order valence-corrected chi connectivity index (χ0v) is 11.8. The molecule has 1 rings (SSSR count). The molecule has 1 aromatic rings. The molecule has 0 aliphatic heterocycles. The molecule has 20 heavy (non-hydrogen) atoms. The molecule has 9 heteroatoms. The second-order valence-electron chi connectivity index (χ2n) is 4.11.